The molecule has 112 valence electrons. The molecule has 1 aromatic carbocycles. The fourth-order valence-electron chi connectivity index (χ4n) is 2.03. The van der Waals surface area contributed by atoms with Crippen molar-refractivity contribution in [3.63, 3.8) is 0 Å². The van der Waals surface area contributed by atoms with Gasteiger partial charge in [0.15, 0.2) is 11.5 Å². The summed E-state index contributed by atoms with van der Waals surface area (Å²) in [5, 5.41) is 2.88. The van der Waals surface area contributed by atoms with Gasteiger partial charge in [-0.3, -0.25) is 0 Å². The van der Waals surface area contributed by atoms with E-state index in [4.69, 9.17) is 9.47 Å². The lowest BCUT2D eigenvalue weighted by Gasteiger charge is -2.34. The summed E-state index contributed by atoms with van der Waals surface area (Å²) in [7, 11) is 3.14. The van der Waals surface area contributed by atoms with E-state index < -0.39 is 0 Å². The molecule has 1 aromatic rings. The smallest absolute Gasteiger partial charge is 0.322 e. The number of hydrogen-bond donors (Lipinski definition) is 1. The van der Waals surface area contributed by atoms with Gasteiger partial charge in [0, 0.05) is 23.8 Å². The first-order chi connectivity index (χ1) is 9.33. The van der Waals surface area contributed by atoms with Gasteiger partial charge >= 0.3 is 6.03 Å². The van der Waals surface area contributed by atoms with Crippen LogP contribution >= 0.6 is 0 Å². The van der Waals surface area contributed by atoms with E-state index >= 15 is 0 Å². The van der Waals surface area contributed by atoms with Gasteiger partial charge < -0.3 is 19.7 Å². The molecular weight excluding hydrogens is 256 g/mol. The van der Waals surface area contributed by atoms with E-state index in [-0.39, 0.29) is 11.6 Å². The SMILES string of the molecule is CCN(C(=O)Nc1ccc(OC)c(OC)c1)C(C)(C)C. The van der Waals surface area contributed by atoms with E-state index in [1.165, 1.54) is 0 Å². The Bertz CT molecular complexity index is 467. The van der Waals surface area contributed by atoms with Crippen molar-refractivity contribution in [1.29, 1.82) is 0 Å². The van der Waals surface area contributed by atoms with Crippen molar-refractivity contribution in [2.24, 2.45) is 0 Å². The number of rotatable bonds is 4. The molecule has 0 saturated heterocycles. The zero-order chi connectivity index (χ0) is 15.3. The number of ether oxygens (including phenoxy) is 2. The van der Waals surface area contributed by atoms with Crippen LogP contribution in [0.5, 0.6) is 11.5 Å². The van der Waals surface area contributed by atoms with E-state index in [0.717, 1.165) is 0 Å². The number of methoxy groups -OCH3 is 2. The third-order valence-corrected chi connectivity index (χ3v) is 3.01. The van der Waals surface area contributed by atoms with Crippen molar-refractivity contribution in [3.05, 3.63) is 18.2 Å². The zero-order valence-electron chi connectivity index (χ0n) is 13.1. The highest BCUT2D eigenvalue weighted by Crippen LogP contribution is 2.30. The molecule has 0 heterocycles. The molecular formula is C15H24N2O3. The summed E-state index contributed by atoms with van der Waals surface area (Å²) in [5.41, 5.74) is 0.449. The number of hydrogen-bond acceptors (Lipinski definition) is 3. The van der Waals surface area contributed by atoms with Gasteiger partial charge in [-0.2, -0.15) is 0 Å². The third kappa shape index (κ3) is 3.79. The van der Waals surface area contributed by atoms with Crippen molar-refractivity contribution < 1.29 is 14.3 Å². The van der Waals surface area contributed by atoms with Gasteiger partial charge in [0.25, 0.3) is 0 Å². The Labute approximate surface area is 120 Å². The molecule has 0 saturated carbocycles. The summed E-state index contributed by atoms with van der Waals surface area (Å²) < 4.78 is 10.4. The molecule has 0 bridgehead atoms. The molecule has 0 unspecified atom stereocenters. The molecule has 0 aromatic heterocycles. The summed E-state index contributed by atoms with van der Waals surface area (Å²) in [6.45, 7) is 8.61. The number of anilines is 1. The molecule has 1 rings (SSSR count). The molecule has 1 N–H and O–H groups in total. The minimum absolute atomic E-state index is 0.132. The standard InChI is InChI=1S/C15H24N2O3/c1-7-17(15(2,3)4)14(18)16-11-8-9-12(19-5)13(10-11)20-6/h8-10H,7H2,1-6H3,(H,16,18). The summed E-state index contributed by atoms with van der Waals surface area (Å²) in [4.78, 5) is 14.1. The second-order valence-corrected chi connectivity index (χ2v) is 5.41. The molecule has 5 nitrogen and oxygen atoms in total. The van der Waals surface area contributed by atoms with Crippen LogP contribution in [-0.4, -0.2) is 37.2 Å². The van der Waals surface area contributed by atoms with Crippen molar-refractivity contribution in [2.45, 2.75) is 33.2 Å². The van der Waals surface area contributed by atoms with Gasteiger partial charge in [0.05, 0.1) is 14.2 Å². The highest BCUT2D eigenvalue weighted by Gasteiger charge is 2.24. The molecule has 0 fully saturated rings. The van der Waals surface area contributed by atoms with Crippen LogP contribution in [0, 0.1) is 0 Å². The predicted octanol–water partition coefficient (Wildman–Crippen LogP) is 3.36. The molecule has 20 heavy (non-hydrogen) atoms. The van der Waals surface area contributed by atoms with Crippen molar-refractivity contribution >= 4 is 11.7 Å². The third-order valence-electron chi connectivity index (χ3n) is 3.01. The Kier molecular flexibility index (Phi) is 5.25. The average molecular weight is 280 g/mol. The van der Waals surface area contributed by atoms with E-state index in [1.54, 1.807) is 37.3 Å². The normalized spacial score (nSPS) is 10.9. The van der Waals surface area contributed by atoms with E-state index in [9.17, 15) is 4.79 Å². The van der Waals surface area contributed by atoms with Crippen LogP contribution in [-0.2, 0) is 0 Å². The van der Waals surface area contributed by atoms with Crippen LogP contribution in [0.25, 0.3) is 0 Å². The molecule has 0 spiro atoms. The second kappa shape index (κ2) is 6.50. The lowest BCUT2D eigenvalue weighted by molar-refractivity contribution is 0.162. The number of amides is 2. The maximum Gasteiger partial charge on any atom is 0.322 e. The maximum absolute atomic E-state index is 12.3. The van der Waals surface area contributed by atoms with Crippen molar-refractivity contribution in [1.82, 2.24) is 4.90 Å². The predicted molar refractivity (Wildman–Crippen MR) is 80.7 cm³/mol. The number of nitrogens with one attached hydrogen (secondary N) is 1. The highest BCUT2D eigenvalue weighted by molar-refractivity contribution is 5.90. The highest BCUT2D eigenvalue weighted by atomic mass is 16.5. The Hall–Kier alpha value is -1.91. The van der Waals surface area contributed by atoms with E-state index in [1.807, 2.05) is 27.7 Å². The molecule has 0 radical (unpaired) electrons. The fourth-order valence-corrected chi connectivity index (χ4v) is 2.03. The van der Waals surface area contributed by atoms with Crippen LogP contribution in [0.4, 0.5) is 10.5 Å². The quantitative estimate of drug-likeness (QED) is 0.920. The molecule has 0 aliphatic rings. The fraction of sp³-hybridized carbons (Fsp3) is 0.533. The topological polar surface area (TPSA) is 50.8 Å². The van der Waals surface area contributed by atoms with Gasteiger partial charge in [-0.15, -0.1) is 0 Å². The van der Waals surface area contributed by atoms with E-state index in [0.29, 0.717) is 23.7 Å². The first-order valence-electron chi connectivity index (χ1n) is 6.64. The Morgan fingerprint density at radius 1 is 1.20 bits per heavy atom. The number of urea groups is 1. The lowest BCUT2D eigenvalue weighted by atomic mass is 10.1. The monoisotopic (exact) mass is 280 g/mol. The molecule has 5 heteroatoms. The van der Waals surface area contributed by atoms with Crippen LogP contribution in [0.1, 0.15) is 27.7 Å². The number of nitrogens with zero attached hydrogens (tertiary/aromatic N) is 1. The zero-order valence-corrected chi connectivity index (χ0v) is 13.1. The Morgan fingerprint density at radius 2 is 1.80 bits per heavy atom. The van der Waals surface area contributed by atoms with Crippen LogP contribution in [0.3, 0.4) is 0 Å². The maximum atomic E-state index is 12.3. The summed E-state index contributed by atoms with van der Waals surface area (Å²) in [6.07, 6.45) is 0. The summed E-state index contributed by atoms with van der Waals surface area (Å²) in [5.74, 6) is 1.22. The largest absolute Gasteiger partial charge is 0.493 e. The minimum atomic E-state index is -0.227. The van der Waals surface area contributed by atoms with Crippen molar-refractivity contribution in [3.8, 4) is 11.5 Å². The Balaban J connectivity index is 2.90. The molecule has 0 aliphatic heterocycles. The summed E-state index contributed by atoms with van der Waals surface area (Å²) in [6, 6.07) is 5.16. The number of carbonyl (C=O) groups is 1. The second-order valence-electron chi connectivity index (χ2n) is 5.41. The first kappa shape index (κ1) is 16.1. The minimum Gasteiger partial charge on any atom is -0.493 e. The Morgan fingerprint density at radius 3 is 2.25 bits per heavy atom. The number of carbonyl (C=O) groups excluding carboxylic acids is 1. The van der Waals surface area contributed by atoms with Crippen LogP contribution in [0.15, 0.2) is 18.2 Å². The van der Waals surface area contributed by atoms with Gasteiger partial charge in [-0.25, -0.2) is 4.79 Å². The van der Waals surface area contributed by atoms with E-state index in [2.05, 4.69) is 5.32 Å². The van der Waals surface area contributed by atoms with Gasteiger partial charge in [0.1, 0.15) is 0 Å². The molecule has 2 amide bonds. The lowest BCUT2D eigenvalue weighted by Crippen LogP contribution is -2.47. The molecule has 0 atom stereocenters. The van der Waals surface area contributed by atoms with Gasteiger partial charge in [0.2, 0.25) is 0 Å². The summed E-state index contributed by atoms with van der Waals surface area (Å²) >= 11 is 0. The first-order valence-corrected chi connectivity index (χ1v) is 6.64. The average Bonchev–Trinajstić information content (AvgIpc) is 2.37. The van der Waals surface area contributed by atoms with Crippen LogP contribution in [0.2, 0.25) is 0 Å². The molecule has 0 aliphatic carbocycles. The van der Waals surface area contributed by atoms with Crippen molar-refractivity contribution in [2.75, 3.05) is 26.1 Å². The van der Waals surface area contributed by atoms with Crippen LogP contribution < -0.4 is 14.8 Å². The van der Waals surface area contributed by atoms with Gasteiger partial charge in [-0.1, -0.05) is 0 Å². The van der Waals surface area contributed by atoms with Gasteiger partial charge in [-0.05, 0) is 39.8 Å². The number of benzene rings is 1.